The Morgan fingerprint density at radius 3 is 2.29 bits per heavy atom. The molecule has 0 spiro atoms. The van der Waals surface area contributed by atoms with Crippen molar-refractivity contribution >= 4 is 11.6 Å². The lowest BCUT2D eigenvalue weighted by Crippen LogP contribution is -2.27. The number of hydrogen-bond donors (Lipinski definition) is 3. The van der Waals surface area contributed by atoms with E-state index in [2.05, 4.69) is 0 Å². The standard InChI is InChI=1S/C10H11ClF3NO2/c11-7-3-5(9(17)8(16)4-15)1-2-6(7)10(12,13)14/h1-3,8-9,16-17H,4,15H2. The number of aliphatic hydroxyl groups is 2. The fraction of sp³-hybridized carbons (Fsp3) is 0.400. The molecule has 0 aromatic heterocycles. The van der Waals surface area contributed by atoms with E-state index in [1.54, 1.807) is 0 Å². The molecule has 0 aliphatic heterocycles. The van der Waals surface area contributed by atoms with Crippen LogP contribution in [-0.2, 0) is 6.18 Å². The molecule has 0 bridgehead atoms. The van der Waals surface area contributed by atoms with E-state index in [1.807, 2.05) is 0 Å². The van der Waals surface area contributed by atoms with Crippen LogP contribution in [0, 0.1) is 0 Å². The van der Waals surface area contributed by atoms with E-state index in [0.717, 1.165) is 18.2 Å². The highest BCUT2D eigenvalue weighted by Gasteiger charge is 2.33. The van der Waals surface area contributed by atoms with Crippen molar-refractivity contribution in [3.8, 4) is 0 Å². The second kappa shape index (κ2) is 5.22. The quantitative estimate of drug-likeness (QED) is 0.783. The van der Waals surface area contributed by atoms with Crippen LogP contribution in [0.15, 0.2) is 18.2 Å². The monoisotopic (exact) mass is 269 g/mol. The van der Waals surface area contributed by atoms with Crippen molar-refractivity contribution in [1.82, 2.24) is 0 Å². The van der Waals surface area contributed by atoms with Crippen molar-refractivity contribution in [1.29, 1.82) is 0 Å². The lowest BCUT2D eigenvalue weighted by molar-refractivity contribution is -0.137. The van der Waals surface area contributed by atoms with Gasteiger partial charge < -0.3 is 15.9 Å². The van der Waals surface area contributed by atoms with Gasteiger partial charge in [-0.3, -0.25) is 0 Å². The van der Waals surface area contributed by atoms with Crippen LogP contribution in [0.4, 0.5) is 13.2 Å². The van der Waals surface area contributed by atoms with Crippen LogP contribution in [0.25, 0.3) is 0 Å². The average Bonchev–Trinajstić information content (AvgIpc) is 2.25. The van der Waals surface area contributed by atoms with Gasteiger partial charge in [-0.2, -0.15) is 13.2 Å². The van der Waals surface area contributed by atoms with Crippen LogP contribution in [0.5, 0.6) is 0 Å². The number of hydrogen-bond acceptors (Lipinski definition) is 3. The number of halogens is 4. The molecule has 2 atom stereocenters. The number of alkyl halides is 3. The van der Waals surface area contributed by atoms with E-state index in [0.29, 0.717) is 0 Å². The summed E-state index contributed by atoms with van der Waals surface area (Å²) in [5, 5.41) is 18.3. The zero-order valence-corrected chi connectivity index (χ0v) is 9.33. The maximum absolute atomic E-state index is 12.4. The topological polar surface area (TPSA) is 66.5 Å². The summed E-state index contributed by atoms with van der Waals surface area (Å²) in [6, 6.07) is 2.77. The third kappa shape index (κ3) is 3.32. The molecule has 0 heterocycles. The van der Waals surface area contributed by atoms with Gasteiger partial charge in [0.15, 0.2) is 0 Å². The first-order valence-electron chi connectivity index (χ1n) is 4.70. The lowest BCUT2D eigenvalue weighted by Gasteiger charge is -2.17. The van der Waals surface area contributed by atoms with Crippen LogP contribution >= 0.6 is 11.6 Å². The SMILES string of the molecule is NCC(O)C(O)c1ccc(C(F)(F)F)c(Cl)c1. The summed E-state index contributed by atoms with van der Waals surface area (Å²) in [6.45, 7) is -0.209. The molecule has 1 rings (SSSR count). The summed E-state index contributed by atoms with van der Waals surface area (Å²) in [5.41, 5.74) is 4.22. The van der Waals surface area contributed by atoms with Crippen molar-refractivity contribution in [2.75, 3.05) is 6.54 Å². The van der Waals surface area contributed by atoms with Gasteiger partial charge >= 0.3 is 6.18 Å². The molecule has 0 saturated heterocycles. The highest BCUT2D eigenvalue weighted by Crippen LogP contribution is 2.36. The molecule has 1 aromatic carbocycles. The van der Waals surface area contributed by atoms with Gasteiger partial charge in [0.2, 0.25) is 0 Å². The Kier molecular flexibility index (Phi) is 4.37. The Hall–Kier alpha value is -0.820. The van der Waals surface area contributed by atoms with E-state index in [4.69, 9.17) is 17.3 Å². The van der Waals surface area contributed by atoms with E-state index in [1.165, 1.54) is 0 Å². The number of nitrogens with two attached hydrogens (primary N) is 1. The Bertz CT molecular complexity index is 398. The molecule has 1 aromatic rings. The average molecular weight is 270 g/mol. The number of aliphatic hydroxyl groups excluding tert-OH is 2. The Morgan fingerprint density at radius 2 is 1.88 bits per heavy atom. The molecule has 0 aliphatic carbocycles. The molecule has 3 nitrogen and oxygen atoms in total. The molecule has 0 amide bonds. The Morgan fingerprint density at radius 1 is 1.29 bits per heavy atom. The molecule has 2 unspecified atom stereocenters. The maximum atomic E-state index is 12.4. The minimum atomic E-state index is -4.55. The normalized spacial score (nSPS) is 15.7. The maximum Gasteiger partial charge on any atom is 0.417 e. The Labute approximate surface area is 101 Å². The predicted molar refractivity (Wildman–Crippen MR) is 56.5 cm³/mol. The smallest absolute Gasteiger partial charge is 0.389 e. The fourth-order valence-corrected chi connectivity index (χ4v) is 1.59. The van der Waals surface area contributed by atoms with Crippen LogP contribution in [-0.4, -0.2) is 22.9 Å². The van der Waals surface area contributed by atoms with Crippen molar-refractivity contribution < 1.29 is 23.4 Å². The third-order valence-electron chi connectivity index (χ3n) is 2.25. The molecule has 96 valence electrons. The highest BCUT2D eigenvalue weighted by atomic mass is 35.5. The summed E-state index contributed by atoms with van der Waals surface area (Å²) in [7, 11) is 0. The third-order valence-corrected chi connectivity index (χ3v) is 2.56. The minimum Gasteiger partial charge on any atom is -0.389 e. The first kappa shape index (κ1) is 14.2. The van der Waals surface area contributed by atoms with Gasteiger partial charge in [-0.05, 0) is 17.7 Å². The second-order valence-corrected chi connectivity index (χ2v) is 3.89. The van der Waals surface area contributed by atoms with Crippen LogP contribution in [0.2, 0.25) is 5.02 Å². The minimum absolute atomic E-state index is 0.0842. The van der Waals surface area contributed by atoms with E-state index in [-0.39, 0.29) is 12.1 Å². The van der Waals surface area contributed by atoms with Gasteiger partial charge in [-0.25, -0.2) is 0 Å². The largest absolute Gasteiger partial charge is 0.417 e. The summed E-state index contributed by atoms with van der Waals surface area (Å²) < 4.78 is 37.2. The summed E-state index contributed by atoms with van der Waals surface area (Å²) in [6.07, 6.45) is -7.16. The first-order chi connectivity index (χ1) is 7.77. The van der Waals surface area contributed by atoms with Gasteiger partial charge in [0.1, 0.15) is 6.10 Å². The van der Waals surface area contributed by atoms with E-state index in [9.17, 15) is 23.4 Å². The van der Waals surface area contributed by atoms with Crippen LogP contribution in [0.1, 0.15) is 17.2 Å². The summed E-state index contributed by atoms with van der Waals surface area (Å²) in [5.74, 6) is 0. The van der Waals surface area contributed by atoms with Gasteiger partial charge in [0.25, 0.3) is 0 Å². The van der Waals surface area contributed by atoms with Crippen molar-refractivity contribution in [3.63, 3.8) is 0 Å². The fourth-order valence-electron chi connectivity index (χ4n) is 1.30. The Balaban J connectivity index is 3.05. The summed E-state index contributed by atoms with van der Waals surface area (Å²) in [4.78, 5) is 0. The molecule has 0 saturated carbocycles. The molecule has 7 heteroatoms. The van der Waals surface area contributed by atoms with Gasteiger partial charge in [-0.1, -0.05) is 17.7 Å². The van der Waals surface area contributed by atoms with Gasteiger partial charge in [-0.15, -0.1) is 0 Å². The van der Waals surface area contributed by atoms with Gasteiger partial charge in [0.05, 0.1) is 16.7 Å². The lowest BCUT2D eigenvalue weighted by atomic mass is 10.0. The molecule has 0 aliphatic rings. The molecular formula is C10H11ClF3NO2. The zero-order valence-electron chi connectivity index (χ0n) is 8.58. The van der Waals surface area contributed by atoms with Crippen molar-refractivity contribution in [2.45, 2.75) is 18.4 Å². The molecule has 0 radical (unpaired) electrons. The molecule has 0 fully saturated rings. The second-order valence-electron chi connectivity index (χ2n) is 3.48. The first-order valence-corrected chi connectivity index (χ1v) is 5.08. The molecular weight excluding hydrogens is 259 g/mol. The summed E-state index contributed by atoms with van der Waals surface area (Å²) >= 11 is 5.46. The highest BCUT2D eigenvalue weighted by molar-refractivity contribution is 6.31. The van der Waals surface area contributed by atoms with Crippen molar-refractivity contribution in [2.24, 2.45) is 5.73 Å². The number of rotatable bonds is 3. The van der Waals surface area contributed by atoms with E-state index >= 15 is 0 Å². The molecule has 17 heavy (non-hydrogen) atoms. The predicted octanol–water partition coefficient (Wildman–Crippen LogP) is 1.71. The van der Waals surface area contributed by atoms with Crippen molar-refractivity contribution in [3.05, 3.63) is 34.3 Å². The van der Waals surface area contributed by atoms with Gasteiger partial charge in [0, 0.05) is 6.54 Å². The van der Waals surface area contributed by atoms with E-state index < -0.39 is 29.0 Å². The van der Waals surface area contributed by atoms with Crippen LogP contribution in [0.3, 0.4) is 0 Å². The molecule has 4 N–H and O–H groups in total. The zero-order chi connectivity index (χ0) is 13.2. The van der Waals surface area contributed by atoms with Crippen LogP contribution < -0.4 is 5.73 Å². The number of benzene rings is 1.